The van der Waals surface area contributed by atoms with Gasteiger partial charge in [-0.25, -0.2) is 8.78 Å². The summed E-state index contributed by atoms with van der Waals surface area (Å²) in [7, 11) is -4.61. The van der Waals surface area contributed by atoms with Crippen LogP contribution in [-0.2, 0) is 15.8 Å². The molecule has 0 amide bonds. The zero-order chi connectivity index (χ0) is 14.8. The number of halogens is 2. The smallest absolute Gasteiger partial charge is 0.324 e. The Balaban J connectivity index is 2.84. The van der Waals surface area contributed by atoms with Gasteiger partial charge in [-0.05, 0) is 32.4 Å². The summed E-state index contributed by atoms with van der Waals surface area (Å²) in [4.78, 5) is 29.9. The third-order valence-electron chi connectivity index (χ3n) is 3.07. The van der Waals surface area contributed by atoms with E-state index in [1.54, 1.807) is 0 Å². The summed E-state index contributed by atoms with van der Waals surface area (Å²) < 4.78 is 37.8. The maximum atomic E-state index is 13.3. The summed E-state index contributed by atoms with van der Waals surface area (Å²) in [6.45, 7) is 2.24. The van der Waals surface area contributed by atoms with Gasteiger partial charge in [-0.2, -0.15) is 0 Å². The van der Waals surface area contributed by atoms with Crippen molar-refractivity contribution in [2.45, 2.75) is 31.8 Å². The molecule has 0 saturated heterocycles. The summed E-state index contributed by atoms with van der Waals surface area (Å²) >= 11 is 0. The Bertz CT molecular complexity index is 516. The summed E-state index contributed by atoms with van der Waals surface area (Å²) in [6, 6.07) is 3.34. The van der Waals surface area contributed by atoms with Gasteiger partial charge in [0.15, 0.2) is 5.78 Å². The maximum Gasteiger partial charge on any atom is 0.338 e. The van der Waals surface area contributed by atoms with Crippen molar-refractivity contribution in [1.82, 2.24) is 0 Å². The molecule has 0 unspecified atom stereocenters. The molecule has 106 valence electrons. The van der Waals surface area contributed by atoms with Gasteiger partial charge in [-0.15, -0.1) is 0 Å². The number of Topliss-reactive ketones (excluding diaryl/α,β-unsaturated/α-hetero) is 1. The van der Waals surface area contributed by atoms with E-state index in [0.717, 1.165) is 26.0 Å². The first kappa shape index (κ1) is 16.0. The van der Waals surface area contributed by atoms with Crippen molar-refractivity contribution in [2.75, 3.05) is 0 Å². The number of hydrogen-bond acceptors (Lipinski definition) is 2. The Kier molecular flexibility index (Phi) is 4.61. The highest BCUT2D eigenvalue weighted by Gasteiger charge is 2.43. The van der Waals surface area contributed by atoms with Gasteiger partial charge in [-0.1, -0.05) is 6.07 Å². The normalized spacial score (nSPS) is 12.5. The topological polar surface area (TPSA) is 74.6 Å². The molecule has 0 aliphatic carbocycles. The van der Waals surface area contributed by atoms with Gasteiger partial charge in [0.1, 0.15) is 16.8 Å². The van der Waals surface area contributed by atoms with Crippen molar-refractivity contribution in [2.24, 2.45) is 0 Å². The predicted molar refractivity (Wildman–Crippen MR) is 65.8 cm³/mol. The summed E-state index contributed by atoms with van der Waals surface area (Å²) in [5.41, 5.74) is -0.252. The molecule has 2 N–H and O–H groups in total. The van der Waals surface area contributed by atoms with E-state index in [4.69, 9.17) is 9.79 Å². The number of hydrogen-bond donors (Lipinski definition) is 2. The van der Waals surface area contributed by atoms with E-state index in [1.165, 1.54) is 6.07 Å². The largest absolute Gasteiger partial charge is 0.338 e. The molecule has 7 heteroatoms. The van der Waals surface area contributed by atoms with Gasteiger partial charge >= 0.3 is 7.60 Å². The molecule has 1 aromatic rings. The lowest BCUT2D eigenvalue weighted by Crippen LogP contribution is -2.31. The Morgan fingerprint density at radius 2 is 1.74 bits per heavy atom. The number of benzene rings is 1. The van der Waals surface area contributed by atoms with Gasteiger partial charge in [0, 0.05) is 12.0 Å². The average Bonchev–Trinajstić information content (AvgIpc) is 2.26. The molecule has 0 aliphatic rings. The van der Waals surface area contributed by atoms with Crippen LogP contribution in [0.4, 0.5) is 8.78 Å². The SMILES string of the molecule is CC(C)(C(=O)CCc1c(F)cccc1F)P(=O)(O)O. The fourth-order valence-corrected chi connectivity index (χ4v) is 1.91. The number of ketones is 1. The Labute approximate surface area is 109 Å². The minimum absolute atomic E-state index is 0.235. The quantitative estimate of drug-likeness (QED) is 0.817. The van der Waals surface area contributed by atoms with Crippen LogP contribution in [0.2, 0.25) is 0 Å². The number of carbonyl (C=O) groups is 1. The van der Waals surface area contributed by atoms with E-state index in [-0.39, 0.29) is 18.4 Å². The standard InChI is InChI=1S/C12H15F2O4P/c1-12(2,19(16,17)18)11(15)7-6-8-9(13)4-3-5-10(8)14/h3-5H,6-7H2,1-2H3,(H2,16,17,18). The second kappa shape index (κ2) is 5.49. The predicted octanol–water partition coefficient (Wildman–Crippen LogP) is 2.42. The van der Waals surface area contributed by atoms with Crippen LogP contribution in [0.3, 0.4) is 0 Å². The van der Waals surface area contributed by atoms with E-state index in [2.05, 4.69) is 0 Å². The molecule has 0 aromatic heterocycles. The highest BCUT2D eigenvalue weighted by Crippen LogP contribution is 2.51. The zero-order valence-electron chi connectivity index (χ0n) is 10.6. The van der Waals surface area contributed by atoms with Crippen LogP contribution in [0.25, 0.3) is 0 Å². The summed E-state index contributed by atoms with van der Waals surface area (Å²) in [5, 5.41) is -1.85. The lowest BCUT2D eigenvalue weighted by atomic mass is 9.99. The van der Waals surface area contributed by atoms with Crippen LogP contribution in [0.1, 0.15) is 25.8 Å². The molecule has 0 fully saturated rings. The van der Waals surface area contributed by atoms with E-state index in [0.29, 0.717) is 0 Å². The number of carbonyl (C=O) groups excluding carboxylic acids is 1. The molecule has 0 atom stereocenters. The molecular weight excluding hydrogens is 277 g/mol. The molecule has 0 radical (unpaired) electrons. The Morgan fingerprint density at radius 3 is 2.16 bits per heavy atom. The Hall–Kier alpha value is -1.10. The summed E-state index contributed by atoms with van der Waals surface area (Å²) in [6.07, 6.45) is -0.573. The molecule has 0 spiro atoms. The molecule has 0 heterocycles. The lowest BCUT2D eigenvalue weighted by molar-refractivity contribution is -0.121. The van der Waals surface area contributed by atoms with Gasteiger partial charge in [0.2, 0.25) is 0 Å². The molecule has 19 heavy (non-hydrogen) atoms. The van der Waals surface area contributed by atoms with E-state index in [1.807, 2.05) is 0 Å². The lowest BCUT2D eigenvalue weighted by Gasteiger charge is -2.24. The van der Waals surface area contributed by atoms with E-state index in [9.17, 15) is 18.1 Å². The molecule has 1 rings (SSSR count). The van der Waals surface area contributed by atoms with Crippen molar-refractivity contribution >= 4 is 13.4 Å². The van der Waals surface area contributed by atoms with Crippen molar-refractivity contribution in [3.8, 4) is 0 Å². The monoisotopic (exact) mass is 292 g/mol. The molecular formula is C12H15F2O4P. The average molecular weight is 292 g/mol. The van der Waals surface area contributed by atoms with E-state index < -0.39 is 30.2 Å². The third-order valence-corrected chi connectivity index (χ3v) is 4.78. The molecule has 4 nitrogen and oxygen atoms in total. The van der Waals surface area contributed by atoms with Gasteiger partial charge in [0.05, 0.1) is 0 Å². The first-order valence-corrected chi connectivity index (χ1v) is 7.20. The fourth-order valence-electron chi connectivity index (χ4n) is 1.48. The van der Waals surface area contributed by atoms with Gasteiger partial charge in [-0.3, -0.25) is 9.36 Å². The second-order valence-corrected chi connectivity index (χ2v) is 6.93. The molecule has 0 aliphatic heterocycles. The van der Waals surface area contributed by atoms with Crippen LogP contribution in [0.15, 0.2) is 18.2 Å². The van der Waals surface area contributed by atoms with Crippen LogP contribution in [-0.4, -0.2) is 20.7 Å². The van der Waals surface area contributed by atoms with Crippen molar-refractivity contribution in [1.29, 1.82) is 0 Å². The number of rotatable bonds is 5. The first-order chi connectivity index (χ1) is 8.57. The highest BCUT2D eigenvalue weighted by atomic mass is 31.2. The second-order valence-electron chi connectivity index (χ2n) is 4.73. The van der Waals surface area contributed by atoms with Crippen LogP contribution in [0, 0.1) is 11.6 Å². The van der Waals surface area contributed by atoms with E-state index >= 15 is 0 Å². The van der Waals surface area contributed by atoms with Gasteiger partial charge in [0.25, 0.3) is 0 Å². The zero-order valence-corrected chi connectivity index (χ0v) is 11.5. The van der Waals surface area contributed by atoms with Crippen molar-refractivity contribution < 1.29 is 27.9 Å². The minimum Gasteiger partial charge on any atom is -0.324 e. The first-order valence-electron chi connectivity index (χ1n) is 5.59. The maximum absolute atomic E-state index is 13.3. The Morgan fingerprint density at radius 1 is 1.26 bits per heavy atom. The fraction of sp³-hybridized carbons (Fsp3) is 0.417. The summed E-state index contributed by atoms with van der Waals surface area (Å²) in [5.74, 6) is -2.29. The van der Waals surface area contributed by atoms with Crippen LogP contribution >= 0.6 is 7.60 Å². The van der Waals surface area contributed by atoms with Crippen molar-refractivity contribution in [3.05, 3.63) is 35.4 Å². The highest BCUT2D eigenvalue weighted by molar-refractivity contribution is 7.54. The van der Waals surface area contributed by atoms with Crippen molar-refractivity contribution in [3.63, 3.8) is 0 Å². The van der Waals surface area contributed by atoms with Gasteiger partial charge < -0.3 is 9.79 Å². The minimum atomic E-state index is -4.61. The molecule has 0 bridgehead atoms. The molecule has 0 saturated carbocycles. The van der Waals surface area contributed by atoms with Crippen LogP contribution < -0.4 is 0 Å². The van der Waals surface area contributed by atoms with Crippen LogP contribution in [0.5, 0.6) is 0 Å². The third kappa shape index (κ3) is 3.47. The molecule has 1 aromatic carbocycles.